The molecule has 1 saturated heterocycles. The number of ketones is 1. The van der Waals surface area contributed by atoms with E-state index in [0.717, 1.165) is 41.9 Å². The number of hydrogen-bond donors (Lipinski definition) is 1. The van der Waals surface area contributed by atoms with E-state index < -0.39 is 0 Å². The van der Waals surface area contributed by atoms with Crippen LogP contribution in [0, 0.1) is 25.7 Å². The lowest BCUT2D eigenvalue weighted by molar-refractivity contribution is 0.0940. The largest absolute Gasteiger partial charge is 0.362 e. The number of carbonyl (C=O) groups is 1. The Labute approximate surface area is 109 Å². The van der Waals surface area contributed by atoms with Crippen molar-refractivity contribution in [1.82, 2.24) is 9.88 Å². The number of nitrogens with one attached hydrogen (secondary N) is 1. The van der Waals surface area contributed by atoms with Crippen LogP contribution in [0.2, 0.25) is 0 Å². The monoisotopic (exact) mass is 246 g/mol. The smallest absolute Gasteiger partial charge is 0.178 e. The Balaban J connectivity index is 1.63. The van der Waals surface area contributed by atoms with Gasteiger partial charge in [-0.15, -0.1) is 0 Å². The zero-order valence-corrected chi connectivity index (χ0v) is 11.3. The van der Waals surface area contributed by atoms with Crippen LogP contribution in [0.1, 0.15) is 41.0 Å². The summed E-state index contributed by atoms with van der Waals surface area (Å²) in [5.74, 6) is 2.01. The van der Waals surface area contributed by atoms with Gasteiger partial charge in [0, 0.05) is 30.0 Å². The highest BCUT2D eigenvalue weighted by molar-refractivity contribution is 5.98. The molecule has 2 fully saturated rings. The van der Waals surface area contributed by atoms with Crippen LogP contribution in [-0.2, 0) is 0 Å². The average Bonchev–Trinajstić information content (AvgIpc) is 2.92. The Kier molecular flexibility index (Phi) is 3.02. The Morgan fingerprint density at radius 3 is 2.56 bits per heavy atom. The third-order valence-corrected chi connectivity index (χ3v) is 4.62. The second kappa shape index (κ2) is 4.54. The molecule has 3 nitrogen and oxygen atoms in total. The molecule has 18 heavy (non-hydrogen) atoms. The zero-order chi connectivity index (χ0) is 12.7. The molecule has 3 rings (SSSR count). The molecule has 2 aliphatic rings. The third kappa shape index (κ3) is 2.12. The predicted octanol–water partition coefficient (Wildman–Crippen LogP) is 2.55. The van der Waals surface area contributed by atoms with Crippen molar-refractivity contribution < 1.29 is 4.79 Å². The summed E-state index contributed by atoms with van der Waals surface area (Å²) in [5.41, 5.74) is 2.97. The number of nitrogens with zero attached hydrogens (tertiary/aromatic N) is 1. The molecule has 2 atom stereocenters. The molecular weight excluding hydrogens is 224 g/mol. The lowest BCUT2D eigenvalue weighted by Gasteiger charge is -2.15. The van der Waals surface area contributed by atoms with Crippen LogP contribution >= 0.6 is 0 Å². The fourth-order valence-electron chi connectivity index (χ4n) is 3.76. The first-order chi connectivity index (χ1) is 8.63. The molecule has 0 amide bonds. The van der Waals surface area contributed by atoms with Crippen LogP contribution in [-0.4, -0.2) is 35.3 Å². The summed E-state index contributed by atoms with van der Waals surface area (Å²) < 4.78 is 0. The van der Waals surface area contributed by atoms with Crippen LogP contribution in [0.3, 0.4) is 0 Å². The quantitative estimate of drug-likeness (QED) is 0.832. The standard InChI is InChI=1S/C15H22N2O/c1-10-6-14(11(2)16-10)15(18)9-17-7-12-4-3-5-13(12)8-17/h6,12-13,16H,3-5,7-9H2,1-2H3. The van der Waals surface area contributed by atoms with Crippen molar-refractivity contribution >= 4 is 5.78 Å². The van der Waals surface area contributed by atoms with E-state index in [0.29, 0.717) is 6.54 Å². The van der Waals surface area contributed by atoms with E-state index in [1.807, 2.05) is 19.9 Å². The summed E-state index contributed by atoms with van der Waals surface area (Å²) in [4.78, 5) is 17.9. The minimum Gasteiger partial charge on any atom is -0.362 e. The van der Waals surface area contributed by atoms with E-state index in [1.54, 1.807) is 0 Å². The van der Waals surface area contributed by atoms with Gasteiger partial charge >= 0.3 is 0 Å². The molecule has 1 aliphatic carbocycles. The van der Waals surface area contributed by atoms with Crippen molar-refractivity contribution in [3.63, 3.8) is 0 Å². The van der Waals surface area contributed by atoms with Crippen LogP contribution in [0.5, 0.6) is 0 Å². The van der Waals surface area contributed by atoms with Crippen LogP contribution in [0.25, 0.3) is 0 Å². The van der Waals surface area contributed by atoms with Gasteiger partial charge in [-0.05, 0) is 44.6 Å². The van der Waals surface area contributed by atoms with Gasteiger partial charge in [-0.3, -0.25) is 9.69 Å². The maximum Gasteiger partial charge on any atom is 0.178 e. The maximum atomic E-state index is 12.3. The lowest BCUT2D eigenvalue weighted by Crippen LogP contribution is -2.28. The van der Waals surface area contributed by atoms with Crippen LogP contribution in [0.4, 0.5) is 0 Å². The minimum atomic E-state index is 0.275. The van der Waals surface area contributed by atoms with E-state index in [2.05, 4.69) is 9.88 Å². The number of H-pyrrole nitrogens is 1. The second-order valence-corrected chi connectivity index (χ2v) is 6.06. The number of aromatic nitrogens is 1. The van der Waals surface area contributed by atoms with Gasteiger partial charge in [-0.2, -0.15) is 0 Å². The Bertz CT molecular complexity index is 451. The Hall–Kier alpha value is -1.09. The molecule has 98 valence electrons. The zero-order valence-electron chi connectivity index (χ0n) is 11.3. The van der Waals surface area contributed by atoms with Crippen LogP contribution < -0.4 is 0 Å². The first-order valence-electron chi connectivity index (χ1n) is 7.05. The van der Waals surface area contributed by atoms with Crippen molar-refractivity contribution in [1.29, 1.82) is 0 Å². The molecule has 1 aromatic heterocycles. The van der Waals surface area contributed by atoms with Crippen LogP contribution in [0.15, 0.2) is 6.07 Å². The van der Waals surface area contributed by atoms with E-state index in [1.165, 1.54) is 19.3 Å². The van der Waals surface area contributed by atoms with Crippen molar-refractivity contribution in [2.45, 2.75) is 33.1 Å². The summed E-state index contributed by atoms with van der Waals surface area (Å²) >= 11 is 0. The van der Waals surface area contributed by atoms with Gasteiger partial charge in [-0.25, -0.2) is 0 Å². The first kappa shape index (κ1) is 12.0. The van der Waals surface area contributed by atoms with Gasteiger partial charge < -0.3 is 4.98 Å². The predicted molar refractivity (Wildman–Crippen MR) is 71.9 cm³/mol. The number of fused-ring (bicyclic) bond motifs is 1. The average molecular weight is 246 g/mol. The molecule has 0 aromatic carbocycles. The van der Waals surface area contributed by atoms with E-state index in [9.17, 15) is 4.79 Å². The van der Waals surface area contributed by atoms with Gasteiger partial charge in [0.1, 0.15) is 0 Å². The highest BCUT2D eigenvalue weighted by atomic mass is 16.1. The number of likely N-dealkylation sites (tertiary alicyclic amines) is 1. The normalized spacial score (nSPS) is 27.7. The lowest BCUT2D eigenvalue weighted by atomic mass is 10.0. The number of aryl methyl sites for hydroxylation is 2. The molecule has 2 unspecified atom stereocenters. The topological polar surface area (TPSA) is 36.1 Å². The highest BCUT2D eigenvalue weighted by Crippen LogP contribution is 2.37. The molecule has 1 aliphatic heterocycles. The maximum absolute atomic E-state index is 12.3. The summed E-state index contributed by atoms with van der Waals surface area (Å²) in [6.07, 6.45) is 4.14. The summed E-state index contributed by atoms with van der Waals surface area (Å²) in [7, 11) is 0. The summed E-state index contributed by atoms with van der Waals surface area (Å²) in [6.45, 7) is 6.87. The molecular formula is C15H22N2O. The van der Waals surface area contributed by atoms with Gasteiger partial charge in [-0.1, -0.05) is 6.42 Å². The van der Waals surface area contributed by atoms with Gasteiger partial charge in [0.2, 0.25) is 0 Å². The summed E-state index contributed by atoms with van der Waals surface area (Å²) in [6, 6.07) is 1.98. The van der Waals surface area contributed by atoms with E-state index in [-0.39, 0.29) is 5.78 Å². The molecule has 1 aromatic rings. The molecule has 1 saturated carbocycles. The molecule has 3 heteroatoms. The molecule has 1 N–H and O–H groups in total. The number of Topliss-reactive ketones (excluding diaryl/α,β-unsaturated/α-hetero) is 1. The number of aromatic amines is 1. The number of rotatable bonds is 3. The SMILES string of the molecule is Cc1cc(C(=O)CN2CC3CCCC3C2)c(C)[nH]1. The second-order valence-electron chi connectivity index (χ2n) is 6.06. The third-order valence-electron chi connectivity index (χ3n) is 4.62. The fraction of sp³-hybridized carbons (Fsp3) is 0.667. The van der Waals surface area contributed by atoms with E-state index in [4.69, 9.17) is 0 Å². The summed E-state index contributed by atoms with van der Waals surface area (Å²) in [5, 5.41) is 0. The molecule has 0 bridgehead atoms. The fourth-order valence-corrected chi connectivity index (χ4v) is 3.76. The number of carbonyl (C=O) groups excluding carboxylic acids is 1. The van der Waals surface area contributed by atoms with Gasteiger partial charge in [0.15, 0.2) is 5.78 Å². The van der Waals surface area contributed by atoms with Gasteiger partial charge in [0.05, 0.1) is 6.54 Å². The van der Waals surface area contributed by atoms with Gasteiger partial charge in [0.25, 0.3) is 0 Å². The highest BCUT2D eigenvalue weighted by Gasteiger charge is 2.36. The minimum absolute atomic E-state index is 0.275. The van der Waals surface area contributed by atoms with Crippen molar-refractivity contribution in [2.75, 3.05) is 19.6 Å². The van der Waals surface area contributed by atoms with Crippen molar-refractivity contribution in [3.05, 3.63) is 23.0 Å². The Morgan fingerprint density at radius 1 is 1.33 bits per heavy atom. The first-order valence-corrected chi connectivity index (χ1v) is 7.05. The molecule has 0 radical (unpaired) electrons. The molecule has 0 spiro atoms. The van der Waals surface area contributed by atoms with Crippen molar-refractivity contribution in [2.24, 2.45) is 11.8 Å². The van der Waals surface area contributed by atoms with Crippen molar-refractivity contribution in [3.8, 4) is 0 Å². The number of hydrogen-bond acceptors (Lipinski definition) is 2. The Morgan fingerprint density at radius 2 is 2.00 bits per heavy atom. The van der Waals surface area contributed by atoms with E-state index >= 15 is 0 Å². The molecule has 2 heterocycles.